The first-order valence-electron chi connectivity index (χ1n) is 9.81. The van der Waals surface area contributed by atoms with Gasteiger partial charge in [-0.3, -0.25) is 0 Å². The molecule has 0 spiro atoms. The zero-order valence-corrected chi connectivity index (χ0v) is 17.5. The van der Waals surface area contributed by atoms with Gasteiger partial charge in [0.15, 0.2) is 5.11 Å². The topological polar surface area (TPSA) is 33.1 Å². The van der Waals surface area contributed by atoms with Crippen molar-refractivity contribution < 1.29 is 0 Å². The lowest BCUT2D eigenvalue weighted by Gasteiger charge is -2.27. The molecule has 3 aromatic rings. The molecule has 0 radical (unpaired) electrons. The Bertz CT molecular complexity index is 872. The molecule has 1 N–H and O–H groups in total. The molecule has 3 rings (SSSR count). The molecule has 0 aliphatic heterocycles. The van der Waals surface area contributed by atoms with Gasteiger partial charge in [0.25, 0.3) is 0 Å². The molecule has 146 valence electrons. The summed E-state index contributed by atoms with van der Waals surface area (Å²) >= 11 is 5.80. The summed E-state index contributed by atoms with van der Waals surface area (Å²) in [5.74, 6) is 0. The van der Waals surface area contributed by atoms with E-state index in [2.05, 4.69) is 76.1 Å². The van der Waals surface area contributed by atoms with Gasteiger partial charge < -0.3 is 14.8 Å². The molecule has 0 saturated heterocycles. The first-order chi connectivity index (χ1) is 13.7. The van der Waals surface area contributed by atoms with E-state index in [1.165, 1.54) is 16.7 Å². The van der Waals surface area contributed by atoms with Crippen LogP contribution >= 0.6 is 12.2 Å². The van der Waals surface area contributed by atoms with Crippen LogP contribution in [0.3, 0.4) is 0 Å². The molecule has 4 nitrogen and oxygen atoms in total. The monoisotopic (exact) mass is 392 g/mol. The molecular formula is C23H28N4S. The third kappa shape index (κ3) is 5.67. The van der Waals surface area contributed by atoms with Crippen LogP contribution in [-0.4, -0.2) is 26.1 Å². The van der Waals surface area contributed by atoms with E-state index in [0.29, 0.717) is 0 Å². The van der Waals surface area contributed by atoms with Gasteiger partial charge in [0.05, 0.1) is 6.33 Å². The molecule has 1 aromatic heterocycles. The summed E-state index contributed by atoms with van der Waals surface area (Å²) in [6, 6.07) is 17.0. The fraction of sp³-hybridized carbons (Fsp3) is 0.304. The fourth-order valence-electron chi connectivity index (χ4n) is 3.17. The number of thiocarbonyl (C=S) groups is 1. The second kappa shape index (κ2) is 10.0. The van der Waals surface area contributed by atoms with Gasteiger partial charge in [-0.05, 0) is 49.2 Å². The Labute approximate surface area is 173 Å². The van der Waals surface area contributed by atoms with Crippen LogP contribution in [0.2, 0.25) is 0 Å². The van der Waals surface area contributed by atoms with Gasteiger partial charge in [-0.25, -0.2) is 4.98 Å². The molecular weight excluding hydrogens is 364 g/mol. The molecule has 1 heterocycles. The number of anilines is 1. The van der Waals surface area contributed by atoms with Gasteiger partial charge in [-0.15, -0.1) is 0 Å². The van der Waals surface area contributed by atoms with E-state index in [0.717, 1.165) is 43.3 Å². The van der Waals surface area contributed by atoms with E-state index in [4.69, 9.17) is 12.2 Å². The Morgan fingerprint density at radius 1 is 1.14 bits per heavy atom. The number of benzene rings is 2. The lowest BCUT2D eigenvalue weighted by molar-refractivity contribution is 0.396. The average Bonchev–Trinajstić information content (AvgIpc) is 3.22. The van der Waals surface area contributed by atoms with Crippen molar-refractivity contribution in [2.24, 2.45) is 0 Å². The van der Waals surface area contributed by atoms with E-state index in [-0.39, 0.29) is 0 Å². The number of para-hydroxylation sites is 1. The molecule has 0 amide bonds. The summed E-state index contributed by atoms with van der Waals surface area (Å²) in [6.45, 7) is 6.88. The second-order valence-electron chi connectivity index (χ2n) is 7.00. The van der Waals surface area contributed by atoms with Gasteiger partial charge >= 0.3 is 0 Å². The van der Waals surface area contributed by atoms with Crippen molar-refractivity contribution in [2.75, 3.05) is 11.9 Å². The van der Waals surface area contributed by atoms with Crippen molar-refractivity contribution in [2.45, 2.75) is 39.8 Å². The van der Waals surface area contributed by atoms with Gasteiger partial charge in [-0.1, -0.05) is 55.0 Å². The highest BCUT2D eigenvalue weighted by molar-refractivity contribution is 7.80. The molecule has 28 heavy (non-hydrogen) atoms. The zero-order chi connectivity index (χ0) is 19.8. The van der Waals surface area contributed by atoms with Crippen LogP contribution < -0.4 is 5.32 Å². The number of hydrogen-bond donors (Lipinski definition) is 1. The molecule has 0 saturated carbocycles. The number of aromatic nitrogens is 2. The van der Waals surface area contributed by atoms with Gasteiger partial charge in [0.2, 0.25) is 0 Å². The third-order valence-electron chi connectivity index (χ3n) is 4.82. The van der Waals surface area contributed by atoms with Crippen LogP contribution in [0, 0.1) is 6.92 Å². The Morgan fingerprint density at radius 3 is 2.64 bits per heavy atom. The number of nitrogens with zero attached hydrogens (tertiary/aromatic N) is 3. The number of aryl methyl sites for hydroxylation is 3. The maximum Gasteiger partial charge on any atom is 0.173 e. The van der Waals surface area contributed by atoms with Crippen LogP contribution in [0.15, 0.2) is 67.3 Å². The largest absolute Gasteiger partial charge is 0.345 e. The average molecular weight is 393 g/mol. The molecule has 0 atom stereocenters. The first-order valence-corrected chi connectivity index (χ1v) is 10.2. The number of imidazole rings is 1. The minimum Gasteiger partial charge on any atom is -0.345 e. The highest BCUT2D eigenvalue weighted by atomic mass is 32.1. The second-order valence-corrected chi connectivity index (χ2v) is 7.39. The van der Waals surface area contributed by atoms with E-state index in [1.807, 2.05) is 24.8 Å². The SMILES string of the molecule is CCc1ccccc1NC(=S)N(CCCn1ccnc1)Cc1ccc(C)cc1. The summed E-state index contributed by atoms with van der Waals surface area (Å²) in [4.78, 5) is 6.37. The Morgan fingerprint density at radius 2 is 1.93 bits per heavy atom. The van der Waals surface area contributed by atoms with Crippen molar-refractivity contribution in [1.29, 1.82) is 0 Å². The van der Waals surface area contributed by atoms with Gasteiger partial charge in [0, 0.05) is 37.7 Å². The first kappa shape index (κ1) is 20.1. The molecule has 0 fully saturated rings. The van der Waals surface area contributed by atoms with E-state index < -0.39 is 0 Å². The van der Waals surface area contributed by atoms with E-state index in [9.17, 15) is 0 Å². The van der Waals surface area contributed by atoms with Crippen molar-refractivity contribution >= 4 is 23.0 Å². The van der Waals surface area contributed by atoms with E-state index >= 15 is 0 Å². The van der Waals surface area contributed by atoms with Crippen LogP contribution in [0.5, 0.6) is 0 Å². The number of rotatable bonds is 8. The maximum atomic E-state index is 5.80. The minimum atomic E-state index is 0.770. The van der Waals surface area contributed by atoms with Crippen molar-refractivity contribution in [3.63, 3.8) is 0 Å². The van der Waals surface area contributed by atoms with Crippen molar-refractivity contribution in [3.8, 4) is 0 Å². The Balaban J connectivity index is 1.69. The number of hydrogen-bond acceptors (Lipinski definition) is 2. The predicted octanol–water partition coefficient (Wildman–Crippen LogP) is 5.04. The van der Waals surface area contributed by atoms with E-state index in [1.54, 1.807) is 0 Å². The molecule has 0 bridgehead atoms. The zero-order valence-electron chi connectivity index (χ0n) is 16.6. The summed E-state index contributed by atoms with van der Waals surface area (Å²) in [7, 11) is 0. The number of nitrogens with one attached hydrogen (secondary N) is 1. The molecule has 0 aliphatic carbocycles. The summed E-state index contributed by atoms with van der Waals surface area (Å²) in [5.41, 5.74) is 4.91. The molecule has 5 heteroatoms. The van der Waals surface area contributed by atoms with Gasteiger partial charge in [0.1, 0.15) is 0 Å². The quantitative estimate of drug-likeness (QED) is 0.544. The predicted molar refractivity (Wildman–Crippen MR) is 120 cm³/mol. The normalized spacial score (nSPS) is 10.6. The smallest absolute Gasteiger partial charge is 0.173 e. The van der Waals surface area contributed by atoms with Crippen LogP contribution in [0.4, 0.5) is 5.69 Å². The standard InChI is InChI=1S/C23H28N4S/c1-3-21-7-4-5-8-22(21)25-23(28)27(15-6-14-26-16-13-24-18-26)17-20-11-9-19(2)10-12-20/h4-5,7-13,16,18H,3,6,14-15,17H2,1-2H3,(H,25,28). The lowest BCUT2D eigenvalue weighted by atomic mass is 10.1. The molecule has 0 aliphatic rings. The Hall–Kier alpha value is -2.66. The Kier molecular flexibility index (Phi) is 7.20. The summed E-state index contributed by atoms with van der Waals surface area (Å²) in [5, 5.41) is 4.25. The van der Waals surface area contributed by atoms with Crippen LogP contribution in [0.1, 0.15) is 30.0 Å². The summed E-state index contributed by atoms with van der Waals surface area (Å²) in [6.07, 6.45) is 7.65. The highest BCUT2D eigenvalue weighted by Crippen LogP contribution is 2.17. The molecule has 2 aromatic carbocycles. The summed E-state index contributed by atoms with van der Waals surface area (Å²) < 4.78 is 2.10. The van der Waals surface area contributed by atoms with Crippen LogP contribution in [0.25, 0.3) is 0 Å². The van der Waals surface area contributed by atoms with Crippen LogP contribution in [-0.2, 0) is 19.5 Å². The van der Waals surface area contributed by atoms with Crippen molar-refractivity contribution in [1.82, 2.24) is 14.5 Å². The minimum absolute atomic E-state index is 0.770. The highest BCUT2D eigenvalue weighted by Gasteiger charge is 2.12. The maximum absolute atomic E-state index is 5.80. The van der Waals surface area contributed by atoms with Crippen molar-refractivity contribution in [3.05, 3.63) is 83.9 Å². The third-order valence-corrected chi connectivity index (χ3v) is 5.18. The lowest BCUT2D eigenvalue weighted by Crippen LogP contribution is -2.35. The fourth-order valence-corrected chi connectivity index (χ4v) is 3.44. The van der Waals surface area contributed by atoms with Gasteiger partial charge in [-0.2, -0.15) is 0 Å². The molecule has 0 unspecified atom stereocenters.